The predicted octanol–water partition coefficient (Wildman–Crippen LogP) is 10.5. The summed E-state index contributed by atoms with van der Waals surface area (Å²) in [4.78, 5) is 0. The molecule has 0 saturated heterocycles. The summed E-state index contributed by atoms with van der Waals surface area (Å²) >= 11 is 0. The molecule has 186 valence electrons. The first-order valence-corrected chi connectivity index (χ1v) is 13.4. The number of rotatable bonds is 2. The molecule has 0 fully saturated rings. The van der Waals surface area contributed by atoms with Gasteiger partial charge in [-0.2, -0.15) is 0 Å². The Bertz CT molecular complexity index is 2060. The van der Waals surface area contributed by atoms with E-state index >= 15 is 0 Å². The number of ether oxygens (including phenoxy) is 1. The largest absolute Gasteiger partial charge is 0.457 e. The van der Waals surface area contributed by atoms with Crippen LogP contribution < -0.4 is 4.74 Å². The molecule has 0 amide bonds. The average Bonchev–Trinajstić information content (AvgIpc) is 3.37. The minimum atomic E-state index is -0.108. The molecule has 0 aliphatic carbocycles. The van der Waals surface area contributed by atoms with E-state index in [1.165, 1.54) is 43.8 Å². The van der Waals surface area contributed by atoms with Crippen molar-refractivity contribution < 1.29 is 9.15 Å². The van der Waals surface area contributed by atoms with Gasteiger partial charge < -0.3 is 9.15 Å². The summed E-state index contributed by atoms with van der Waals surface area (Å²) in [6, 6.07) is 42.9. The van der Waals surface area contributed by atoms with Crippen molar-refractivity contribution in [3.05, 3.63) is 132 Å². The molecule has 8 rings (SSSR count). The van der Waals surface area contributed by atoms with Crippen LogP contribution in [0.2, 0.25) is 0 Å². The summed E-state index contributed by atoms with van der Waals surface area (Å²) in [5, 5.41) is 4.78. The molecule has 0 N–H and O–H groups in total. The molecule has 2 heterocycles. The smallest absolute Gasteiger partial charge is 0.136 e. The van der Waals surface area contributed by atoms with Crippen LogP contribution in [0.15, 0.2) is 126 Å². The highest BCUT2D eigenvalue weighted by Crippen LogP contribution is 2.49. The molecule has 1 aliphatic rings. The fraction of sp³-hybridized carbons (Fsp3) is 0.0811. The molecule has 1 aromatic heterocycles. The second kappa shape index (κ2) is 8.09. The Kier molecular flexibility index (Phi) is 4.60. The SMILES string of the molecule is CC1(C)c2ccccc2Oc2cc(-c3ccc(-c4cccc5oc6ccc7ccccc7c6c45)cc3)ccc21. The molecule has 0 saturated carbocycles. The maximum absolute atomic E-state index is 6.37. The molecular weight excluding hydrogens is 476 g/mol. The van der Waals surface area contributed by atoms with E-state index < -0.39 is 0 Å². The fourth-order valence-electron chi connectivity index (χ4n) is 6.31. The summed E-state index contributed by atoms with van der Waals surface area (Å²) in [6.07, 6.45) is 0. The van der Waals surface area contributed by atoms with Gasteiger partial charge >= 0.3 is 0 Å². The van der Waals surface area contributed by atoms with E-state index in [4.69, 9.17) is 9.15 Å². The van der Waals surface area contributed by atoms with Crippen LogP contribution in [-0.4, -0.2) is 0 Å². The van der Waals surface area contributed by atoms with Gasteiger partial charge in [0.15, 0.2) is 0 Å². The second-order valence-electron chi connectivity index (χ2n) is 11.0. The number of hydrogen-bond acceptors (Lipinski definition) is 2. The van der Waals surface area contributed by atoms with Gasteiger partial charge in [0.2, 0.25) is 0 Å². The van der Waals surface area contributed by atoms with Crippen LogP contribution in [0.3, 0.4) is 0 Å². The summed E-state index contributed by atoms with van der Waals surface area (Å²) in [7, 11) is 0. The molecule has 39 heavy (non-hydrogen) atoms. The number of fused-ring (bicyclic) bond motifs is 7. The van der Waals surface area contributed by atoms with Crippen molar-refractivity contribution in [3.63, 3.8) is 0 Å². The molecule has 6 aromatic carbocycles. The lowest BCUT2D eigenvalue weighted by atomic mass is 9.75. The van der Waals surface area contributed by atoms with Gasteiger partial charge in [0, 0.05) is 27.3 Å². The molecule has 2 nitrogen and oxygen atoms in total. The van der Waals surface area contributed by atoms with Gasteiger partial charge in [0.25, 0.3) is 0 Å². The normalized spacial score (nSPS) is 13.8. The second-order valence-corrected chi connectivity index (χ2v) is 11.0. The number of para-hydroxylation sites is 1. The van der Waals surface area contributed by atoms with E-state index in [-0.39, 0.29) is 5.41 Å². The summed E-state index contributed by atoms with van der Waals surface area (Å²) in [6.45, 7) is 4.54. The van der Waals surface area contributed by atoms with Crippen molar-refractivity contribution in [2.24, 2.45) is 0 Å². The number of hydrogen-bond donors (Lipinski definition) is 0. The van der Waals surface area contributed by atoms with E-state index in [0.717, 1.165) is 33.8 Å². The maximum atomic E-state index is 6.37. The van der Waals surface area contributed by atoms with Gasteiger partial charge in [-0.15, -0.1) is 0 Å². The lowest BCUT2D eigenvalue weighted by Crippen LogP contribution is -2.24. The Morgan fingerprint density at radius 3 is 2.13 bits per heavy atom. The van der Waals surface area contributed by atoms with Crippen molar-refractivity contribution in [1.82, 2.24) is 0 Å². The Balaban J connectivity index is 1.22. The van der Waals surface area contributed by atoms with Gasteiger partial charge in [-0.1, -0.05) is 111 Å². The van der Waals surface area contributed by atoms with Crippen molar-refractivity contribution >= 4 is 32.7 Å². The van der Waals surface area contributed by atoms with Gasteiger partial charge in [0.05, 0.1) is 0 Å². The Labute approximate surface area is 227 Å². The maximum Gasteiger partial charge on any atom is 0.136 e. The highest BCUT2D eigenvalue weighted by molar-refractivity contribution is 6.22. The molecule has 0 spiro atoms. The van der Waals surface area contributed by atoms with Crippen molar-refractivity contribution in [2.45, 2.75) is 19.3 Å². The van der Waals surface area contributed by atoms with Crippen LogP contribution in [0.5, 0.6) is 11.5 Å². The minimum absolute atomic E-state index is 0.108. The average molecular weight is 503 g/mol. The van der Waals surface area contributed by atoms with Crippen molar-refractivity contribution in [3.8, 4) is 33.8 Å². The zero-order valence-corrected chi connectivity index (χ0v) is 21.9. The van der Waals surface area contributed by atoms with Crippen LogP contribution in [0, 0.1) is 0 Å². The van der Waals surface area contributed by atoms with Crippen LogP contribution >= 0.6 is 0 Å². The molecule has 0 radical (unpaired) electrons. The highest BCUT2D eigenvalue weighted by Gasteiger charge is 2.34. The molecule has 0 unspecified atom stereocenters. The van der Waals surface area contributed by atoms with E-state index in [9.17, 15) is 0 Å². The van der Waals surface area contributed by atoms with Crippen LogP contribution in [0.4, 0.5) is 0 Å². The first-order valence-electron chi connectivity index (χ1n) is 13.4. The third-order valence-corrected chi connectivity index (χ3v) is 8.35. The first-order chi connectivity index (χ1) is 19.1. The predicted molar refractivity (Wildman–Crippen MR) is 161 cm³/mol. The molecule has 0 atom stereocenters. The fourth-order valence-corrected chi connectivity index (χ4v) is 6.31. The van der Waals surface area contributed by atoms with Gasteiger partial charge in [-0.3, -0.25) is 0 Å². The van der Waals surface area contributed by atoms with Crippen LogP contribution in [0.1, 0.15) is 25.0 Å². The van der Waals surface area contributed by atoms with Crippen molar-refractivity contribution in [2.75, 3.05) is 0 Å². The zero-order valence-electron chi connectivity index (χ0n) is 21.9. The van der Waals surface area contributed by atoms with Crippen LogP contribution in [0.25, 0.3) is 55.0 Å². The van der Waals surface area contributed by atoms with Gasteiger partial charge in [-0.25, -0.2) is 0 Å². The van der Waals surface area contributed by atoms with E-state index in [1.54, 1.807) is 0 Å². The van der Waals surface area contributed by atoms with E-state index in [1.807, 2.05) is 6.07 Å². The summed E-state index contributed by atoms with van der Waals surface area (Å²) in [5.74, 6) is 1.87. The topological polar surface area (TPSA) is 22.4 Å². The molecule has 2 heteroatoms. The molecule has 0 bridgehead atoms. The quantitative estimate of drug-likeness (QED) is 0.235. The van der Waals surface area contributed by atoms with Crippen molar-refractivity contribution in [1.29, 1.82) is 0 Å². The lowest BCUT2D eigenvalue weighted by Gasteiger charge is -2.34. The molecular formula is C37H26O2. The Morgan fingerprint density at radius 1 is 0.513 bits per heavy atom. The number of furan rings is 1. The van der Waals surface area contributed by atoms with Gasteiger partial charge in [0.1, 0.15) is 22.7 Å². The zero-order chi connectivity index (χ0) is 26.1. The summed E-state index contributed by atoms with van der Waals surface area (Å²) < 4.78 is 12.7. The summed E-state index contributed by atoms with van der Waals surface area (Å²) in [5.41, 5.74) is 8.83. The number of benzene rings is 6. The minimum Gasteiger partial charge on any atom is -0.457 e. The lowest BCUT2D eigenvalue weighted by molar-refractivity contribution is 0.418. The van der Waals surface area contributed by atoms with E-state index in [0.29, 0.717) is 0 Å². The monoisotopic (exact) mass is 502 g/mol. The first kappa shape index (κ1) is 22.2. The Hall–Kier alpha value is -4.82. The highest BCUT2D eigenvalue weighted by atomic mass is 16.5. The Morgan fingerprint density at radius 2 is 1.23 bits per heavy atom. The third kappa shape index (κ3) is 3.28. The van der Waals surface area contributed by atoms with Gasteiger partial charge in [-0.05, 0) is 57.3 Å². The third-order valence-electron chi connectivity index (χ3n) is 8.35. The van der Waals surface area contributed by atoms with E-state index in [2.05, 4.69) is 129 Å². The standard InChI is InChI=1S/C37H26O2/c1-37(2)29-11-5-6-12-31(29)38-34-22-26(18-20-30(34)37)23-14-16-25(17-15-23)28-10-7-13-32-35(28)36-27-9-4-3-8-24(27)19-21-33(36)39-32/h3-22H,1-2H3. The van der Waals surface area contributed by atoms with Crippen LogP contribution in [-0.2, 0) is 5.41 Å². The molecule has 7 aromatic rings. The molecule has 1 aliphatic heterocycles.